The highest BCUT2D eigenvalue weighted by Crippen LogP contribution is 2.26. The summed E-state index contributed by atoms with van der Waals surface area (Å²) in [5, 5.41) is 0. The van der Waals surface area contributed by atoms with Crippen molar-refractivity contribution in [2.45, 2.75) is 38.6 Å². The van der Waals surface area contributed by atoms with Crippen molar-refractivity contribution < 1.29 is 9.53 Å². The fraction of sp³-hybridized carbons (Fsp3) is 0.900. The molecule has 0 aromatic heterocycles. The van der Waals surface area contributed by atoms with Gasteiger partial charge in [0.2, 0.25) is 0 Å². The lowest BCUT2D eigenvalue weighted by molar-refractivity contribution is 0.103. The van der Waals surface area contributed by atoms with Gasteiger partial charge in [-0.25, -0.2) is 4.79 Å². The Bertz CT molecular complexity index is 174. The number of hydrogen-bond acceptors (Lipinski definition) is 2. The van der Waals surface area contributed by atoms with Gasteiger partial charge in [-0.15, -0.1) is 0 Å². The maximum absolute atomic E-state index is 11.2. The number of methoxy groups -OCH3 is 1. The van der Waals surface area contributed by atoms with E-state index in [1.54, 1.807) is 4.90 Å². The molecule has 3 heteroatoms. The molecule has 1 aliphatic rings. The van der Waals surface area contributed by atoms with Gasteiger partial charge >= 0.3 is 6.09 Å². The minimum Gasteiger partial charge on any atom is -0.453 e. The lowest BCUT2D eigenvalue weighted by Gasteiger charge is -2.32. The molecule has 1 aliphatic carbocycles. The van der Waals surface area contributed by atoms with Crippen molar-refractivity contribution >= 4 is 6.09 Å². The van der Waals surface area contributed by atoms with Crippen LogP contribution in [-0.2, 0) is 4.74 Å². The van der Waals surface area contributed by atoms with E-state index in [1.165, 1.54) is 20.0 Å². The van der Waals surface area contributed by atoms with Crippen molar-refractivity contribution in [2.75, 3.05) is 14.2 Å². The number of carbonyl (C=O) groups excluding carboxylic acids is 1. The monoisotopic (exact) mass is 185 g/mol. The van der Waals surface area contributed by atoms with Crippen LogP contribution in [0.15, 0.2) is 0 Å². The summed E-state index contributed by atoms with van der Waals surface area (Å²) in [6.07, 6.45) is 4.48. The first-order chi connectivity index (χ1) is 6.15. The molecule has 0 spiro atoms. The van der Waals surface area contributed by atoms with E-state index in [2.05, 4.69) is 11.7 Å². The first-order valence-electron chi connectivity index (χ1n) is 4.96. The van der Waals surface area contributed by atoms with E-state index in [1.807, 2.05) is 7.05 Å². The van der Waals surface area contributed by atoms with Gasteiger partial charge in [-0.3, -0.25) is 0 Å². The Morgan fingerprint density at radius 3 is 2.31 bits per heavy atom. The predicted molar refractivity (Wildman–Crippen MR) is 51.6 cm³/mol. The molecule has 0 heterocycles. The molecule has 0 radical (unpaired) electrons. The minimum atomic E-state index is -0.209. The van der Waals surface area contributed by atoms with Crippen LogP contribution in [0.5, 0.6) is 0 Å². The molecule has 0 aromatic rings. The second kappa shape index (κ2) is 4.49. The van der Waals surface area contributed by atoms with E-state index >= 15 is 0 Å². The second-order valence-corrected chi connectivity index (χ2v) is 3.99. The molecule has 0 N–H and O–H groups in total. The molecule has 0 aromatic carbocycles. The lowest BCUT2D eigenvalue weighted by atomic mass is 9.87. The summed E-state index contributed by atoms with van der Waals surface area (Å²) in [5.74, 6) is 0.822. The molecule has 1 amide bonds. The van der Waals surface area contributed by atoms with Crippen LogP contribution in [0.4, 0.5) is 4.79 Å². The topological polar surface area (TPSA) is 29.5 Å². The smallest absolute Gasteiger partial charge is 0.409 e. The number of carbonyl (C=O) groups is 1. The van der Waals surface area contributed by atoms with Crippen LogP contribution < -0.4 is 0 Å². The van der Waals surface area contributed by atoms with E-state index in [0.717, 1.165) is 18.8 Å². The third kappa shape index (κ3) is 2.61. The summed E-state index contributed by atoms with van der Waals surface area (Å²) >= 11 is 0. The van der Waals surface area contributed by atoms with E-state index in [4.69, 9.17) is 0 Å². The van der Waals surface area contributed by atoms with Gasteiger partial charge in [0, 0.05) is 13.1 Å². The Kier molecular flexibility index (Phi) is 3.58. The maximum Gasteiger partial charge on any atom is 0.409 e. The first kappa shape index (κ1) is 10.4. The largest absolute Gasteiger partial charge is 0.453 e. The maximum atomic E-state index is 11.2. The van der Waals surface area contributed by atoms with Crippen LogP contribution in [0.2, 0.25) is 0 Å². The number of hydrogen-bond donors (Lipinski definition) is 0. The molecular formula is C10H19NO2. The summed E-state index contributed by atoms with van der Waals surface area (Å²) in [7, 11) is 3.26. The number of nitrogens with zero attached hydrogens (tertiary/aromatic N) is 1. The summed E-state index contributed by atoms with van der Waals surface area (Å²) in [4.78, 5) is 12.9. The molecule has 1 saturated carbocycles. The number of amides is 1. The molecule has 0 unspecified atom stereocenters. The SMILES string of the molecule is COC(=O)N(C)[C@H]1CC[C@H](C)CC1. The summed E-state index contributed by atoms with van der Waals surface area (Å²) in [6, 6.07) is 0.392. The molecule has 3 nitrogen and oxygen atoms in total. The summed E-state index contributed by atoms with van der Waals surface area (Å²) < 4.78 is 4.68. The van der Waals surface area contributed by atoms with Gasteiger partial charge in [0.25, 0.3) is 0 Å². The number of ether oxygens (including phenoxy) is 1. The van der Waals surface area contributed by atoms with Crippen LogP contribution in [0.25, 0.3) is 0 Å². The third-order valence-electron chi connectivity index (χ3n) is 3.00. The van der Waals surface area contributed by atoms with Crippen LogP contribution in [0.3, 0.4) is 0 Å². The summed E-state index contributed by atoms with van der Waals surface area (Å²) in [6.45, 7) is 2.27. The molecule has 1 rings (SSSR count). The molecule has 13 heavy (non-hydrogen) atoms. The van der Waals surface area contributed by atoms with Crippen LogP contribution in [-0.4, -0.2) is 31.2 Å². The average Bonchev–Trinajstić information content (AvgIpc) is 2.17. The van der Waals surface area contributed by atoms with Crippen LogP contribution in [0.1, 0.15) is 32.6 Å². The zero-order chi connectivity index (χ0) is 9.84. The zero-order valence-corrected chi connectivity index (χ0v) is 8.75. The predicted octanol–water partition coefficient (Wildman–Crippen LogP) is 2.26. The minimum absolute atomic E-state index is 0.209. The fourth-order valence-electron chi connectivity index (χ4n) is 1.92. The van der Waals surface area contributed by atoms with Gasteiger partial charge in [0.05, 0.1) is 7.11 Å². The highest BCUT2D eigenvalue weighted by atomic mass is 16.5. The fourth-order valence-corrected chi connectivity index (χ4v) is 1.92. The van der Waals surface area contributed by atoms with Gasteiger partial charge in [-0.1, -0.05) is 6.92 Å². The van der Waals surface area contributed by atoms with Gasteiger partial charge in [-0.2, -0.15) is 0 Å². The van der Waals surface area contributed by atoms with Gasteiger partial charge < -0.3 is 9.64 Å². The van der Waals surface area contributed by atoms with Crippen LogP contribution in [0, 0.1) is 5.92 Å². The summed E-state index contributed by atoms with van der Waals surface area (Å²) in [5.41, 5.74) is 0. The van der Waals surface area contributed by atoms with Crippen molar-refractivity contribution in [3.8, 4) is 0 Å². The van der Waals surface area contributed by atoms with Gasteiger partial charge in [-0.05, 0) is 31.6 Å². The molecular weight excluding hydrogens is 166 g/mol. The Hall–Kier alpha value is -0.730. The van der Waals surface area contributed by atoms with Crippen molar-refractivity contribution in [1.82, 2.24) is 4.90 Å². The Morgan fingerprint density at radius 2 is 1.85 bits per heavy atom. The lowest BCUT2D eigenvalue weighted by Crippen LogP contribution is -2.39. The Labute approximate surface area is 80.1 Å². The first-order valence-corrected chi connectivity index (χ1v) is 4.96. The standard InChI is InChI=1S/C10H19NO2/c1-8-4-6-9(7-5-8)11(2)10(12)13-3/h8-9H,4-7H2,1-3H3/t8-,9-. The molecule has 0 aliphatic heterocycles. The van der Waals surface area contributed by atoms with E-state index in [-0.39, 0.29) is 6.09 Å². The van der Waals surface area contributed by atoms with E-state index in [0.29, 0.717) is 6.04 Å². The normalized spacial score (nSPS) is 28.2. The zero-order valence-electron chi connectivity index (χ0n) is 8.75. The third-order valence-corrected chi connectivity index (χ3v) is 3.00. The van der Waals surface area contributed by atoms with Crippen molar-refractivity contribution in [3.05, 3.63) is 0 Å². The average molecular weight is 185 g/mol. The molecule has 1 fully saturated rings. The number of rotatable bonds is 1. The Morgan fingerprint density at radius 1 is 1.31 bits per heavy atom. The molecule has 0 saturated heterocycles. The van der Waals surface area contributed by atoms with Gasteiger partial charge in [0.1, 0.15) is 0 Å². The van der Waals surface area contributed by atoms with Crippen molar-refractivity contribution in [1.29, 1.82) is 0 Å². The van der Waals surface area contributed by atoms with Crippen molar-refractivity contribution in [3.63, 3.8) is 0 Å². The van der Waals surface area contributed by atoms with Crippen molar-refractivity contribution in [2.24, 2.45) is 5.92 Å². The van der Waals surface area contributed by atoms with E-state index in [9.17, 15) is 4.79 Å². The van der Waals surface area contributed by atoms with E-state index < -0.39 is 0 Å². The molecule has 0 bridgehead atoms. The highest BCUT2D eigenvalue weighted by Gasteiger charge is 2.24. The van der Waals surface area contributed by atoms with Gasteiger partial charge in [0.15, 0.2) is 0 Å². The molecule has 0 atom stereocenters. The van der Waals surface area contributed by atoms with Crippen LogP contribution >= 0.6 is 0 Å². The highest BCUT2D eigenvalue weighted by molar-refractivity contribution is 5.67. The molecule has 76 valence electrons. The second-order valence-electron chi connectivity index (χ2n) is 3.99. The Balaban J connectivity index is 2.39. The quantitative estimate of drug-likeness (QED) is 0.627.